The van der Waals surface area contributed by atoms with Gasteiger partial charge in [0.2, 0.25) is 0 Å². The third kappa shape index (κ3) is 4.32. The molecule has 22 heavy (non-hydrogen) atoms. The van der Waals surface area contributed by atoms with E-state index in [1.807, 2.05) is 13.8 Å². The van der Waals surface area contributed by atoms with Gasteiger partial charge in [0.25, 0.3) is 5.91 Å². The average molecular weight is 301 g/mol. The van der Waals surface area contributed by atoms with Crippen molar-refractivity contribution in [3.63, 3.8) is 0 Å². The minimum absolute atomic E-state index is 0.168. The second-order valence-corrected chi connectivity index (χ2v) is 5.12. The van der Waals surface area contributed by atoms with Crippen LogP contribution in [0.4, 0.5) is 4.39 Å². The lowest BCUT2D eigenvalue weighted by molar-refractivity contribution is 0.0940. The van der Waals surface area contributed by atoms with Crippen LogP contribution >= 0.6 is 0 Å². The lowest BCUT2D eigenvalue weighted by Gasteiger charge is -2.14. The molecule has 0 aliphatic rings. The predicted octanol–water partition coefficient (Wildman–Crippen LogP) is 4.11. The summed E-state index contributed by atoms with van der Waals surface area (Å²) >= 11 is 0. The first kappa shape index (κ1) is 16.0. The maximum atomic E-state index is 12.9. The van der Waals surface area contributed by atoms with Gasteiger partial charge in [-0.2, -0.15) is 0 Å². The van der Waals surface area contributed by atoms with E-state index in [9.17, 15) is 9.18 Å². The summed E-state index contributed by atoms with van der Waals surface area (Å²) in [7, 11) is 0. The highest BCUT2D eigenvalue weighted by Gasteiger charge is 2.11. The molecule has 0 unspecified atom stereocenters. The molecular formula is C18H20FNO2. The minimum Gasteiger partial charge on any atom is -0.494 e. The van der Waals surface area contributed by atoms with Crippen LogP contribution in [-0.4, -0.2) is 12.5 Å². The van der Waals surface area contributed by atoms with Crippen LogP contribution in [0.2, 0.25) is 0 Å². The van der Waals surface area contributed by atoms with Crippen LogP contribution in [0.1, 0.15) is 42.2 Å². The van der Waals surface area contributed by atoms with Gasteiger partial charge in [0, 0.05) is 5.56 Å². The molecular weight excluding hydrogens is 281 g/mol. The maximum absolute atomic E-state index is 12.9. The van der Waals surface area contributed by atoms with E-state index in [2.05, 4.69) is 5.32 Å². The summed E-state index contributed by atoms with van der Waals surface area (Å²) in [6, 6.07) is 13.0. The lowest BCUT2D eigenvalue weighted by Crippen LogP contribution is -2.26. The first-order valence-electron chi connectivity index (χ1n) is 7.39. The first-order chi connectivity index (χ1) is 10.6. The number of carbonyl (C=O) groups excluding carboxylic acids is 1. The monoisotopic (exact) mass is 301 g/mol. The zero-order valence-electron chi connectivity index (χ0n) is 12.8. The van der Waals surface area contributed by atoms with Gasteiger partial charge in [-0.3, -0.25) is 4.79 Å². The van der Waals surface area contributed by atoms with Crippen LogP contribution in [0, 0.1) is 5.82 Å². The molecule has 2 aromatic carbocycles. The van der Waals surface area contributed by atoms with Crippen LogP contribution in [-0.2, 0) is 0 Å². The summed E-state index contributed by atoms with van der Waals surface area (Å²) in [5.41, 5.74) is 1.43. The van der Waals surface area contributed by atoms with Crippen LogP contribution in [0.15, 0.2) is 48.5 Å². The molecule has 1 amide bonds. The zero-order chi connectivity index (χ0) is 15.9. The van der Waals surface area contributed by atoms with Crippen molar-refractivity contribution in [1.82, 2.24) is 5.32 Å². The van der Waals surface area contributed by atoms with Gasteiger partial charge >= 0.3 is 0 Å². The summed E-state index contributed by atoms with van der Waals surface area (Å²) in [5.74, 6) is 0.300. The van der Waals surface area contributed by atoms with Gasteiger partial charge < -0.3 is 10.1 Å². The normalized spacial score (nSPS) is 11.8. The van der Waals surface area contributed by atoms with Crippen molar-refractivity contribution in [1.29, 1.82) is 0 Å². The smallest absolute Gasteiger partial charge is 0.251 e. The largest absolute Gasteiger partial charge is 0.494 e. The molecule has 4 heteroatoms. The topological polar surface area (TPSA) is 38.3 Å². The van der Waals surface area contributed by atoms with E-state index in [0.29, 0.717) is 12.2 Å². The summed E-state index contributed by atoms with van der Waals surface area (Å²) in [5, 5.41) is 2.89. The van der Waals surface area contributed by atoms with Gasteiger partial charge in [-0.15, -0.1) is 0 Å². The number of nitrogens with one attached hydrogen (secondary N) is 1. The number of rotatable bonds is 6. The molecule has 2 aromatic rings. The van der Waals surface area contributed by atoms with Gasteiger partial charge in [-0.25, -0.2) is 4.39 Å². The van der Waals surface area contributed by atoms with Crippen molar-refractivity contribution in [2.45, 2.75) is 26.3 Å². The predicted molar refractivity (Wildman–Crippen MR) is 84.5 cm³/mol. The number of hydrogen-bond acceptors (Lipinski definition) is 2. The van der Waals surface area contributed by atoms with Gasteiger partial charge in [0.05, 0.1) is 12.6 Å². The Hall–Kier alpha value is -2.36. The molecule has 2 rings (SSSR count). The number of carbonyl (C=O) groups is 1. The van der Waals surface area contributed by atoms with Gasteiger partial charge in [-0.1, -0.05) is 19.1 Å². The van der Waals surface area contributed by atoms with E-state index in [-0.39, 0.29) is 17.8 Å². The molecule has 0 aliphatic heterocycles. The standard InChI is InChI=1S/C18H20FNO2/c1-3-12-22-17-10-6-15(7-11-17)18(21)20-13(2)14-4-8-16(19)9-5-14/h4-11,13H,3,12H2,1-2H3,(H,20,21)/t13-/m1/s1. The fourth-order valence-electron chi connectivity index (χ4n) is 2.04. The van der Waals surface area contributed by atoms with E-state index in [0.717, 1.165) is 17.7 Å². The fraction of sp³-hybridized carbons (Fsp3) is 0.278. The maximum Gasteiger partial charge on any atom is 0.251 e. The molecule has 0 heterocycles. The molecule has 116 valence electrons. The highest BCUT2D eigenvalue weighted by molar-refractivity contribution is 5.94. The van der Waals surface area contributed by atoms with E-state index >= 15 is 0 Å². The number of halogens is 1. The third-order valence-electron chi connectivity index (χ3n) is 3.31. The van der Waals surface area contributed by atoms with E-state index in [4.69, 9.17) is 4.74 Å². The SMILES string of the molecule is CCCOc1ccc(C(=O)N[C@H](C)c2ccc(F)cc2)cc1. The van der Waals surface area contributed by atoms with Crippen LogP contribution in [0.3, 0.4) is 0 Å². The Balaban J connectivity index is 1.97. The van der Waals surface area contributed by atoms with Gasteiger partial charge in [-0.05, 0) is 55.3 Å². The minimum atomic E-state index is -0.287. The molecule has 0 spiro atoms. The van der Waals surface area contributed by atoms with Crippen LogP contribution < -0.4 is 10.1 Å². The Morgan fingerprint density at radius 2 is 1.77 bits per heavy atom. The quantitative estimate of drug-likeness (QED) is 0.872. The van der Waals surface area contributed by atoms with E-state index in [1.54, 1.807) is 36.4 Å². The number of amides is 1. The van der Waals surface area contributed by atoms with Crippen LogP contribution in [0.5, 0.6) is 5.75 Å². The second-order valence-electron chi connectivity index (χ2n) is 5.12. The number of ether oxygens (including phenoxy) is 1. The molecule has 0 aliphatic carbocycles. The lowest BCUT2D eigenvalue weighted by atomic mass is 10.1. The second kappa shape index (κ2) is 7.59. The Labute approximate surface area is 130 Å². The zero-order valence-corrected chi connectivity index (χ0v) is 12.8. The van der Waals surface area contributed by atoms with Crippen molar-refractivity contribution >= 4 is 5.91 Å². The molecule has 0 saturated heterocycles. The van der Waals surface area contributed by atoms with Crippen molar-refractivity contribution in [3.8, 4) is 5.75 Å². The summed E-state index contributed by atoms with van der Waals surface area (Å²) in [4.78, 5) is 12.2. The fourth-order valence-corrected chi connectivity index (χ4v) is 2.04. The van der Waals surface area contributed by atoms with E-state index in [1.165, 1.54) is 12.1 Å². The van der Waals surface area contributed by atoms with Crippen molar-refractivity contribution in [2.24, 2.45) is 0 Å². The number of hydrogen-bond donors (Lipinski definition) is 1. The van der Waals surface area contributed by atoms with E-state index < -0.39 is 0 Å². The summed E-state index contributed by atoms with van der Waals surface area (Å²) in [6.07, 6.45) is 0.942. The molecule has 3 nitrogen and oxygen atoms in total. The average Bonchev–Trinajstić information content (AvgIpc) is 2.54. The van der Waals surface area contributed by atoms with Crippen LogP contribution in [0.25, 0.3) is 0 Å². The highest BCUT2D eigenvalue weighted by atomic mass is 19.1. The first-order valence-corrected chi connectivity index (χ1v) is 7.39. The van der Waals surface area contributed by atoms with Crippen molar-refractivity contribution < 1.29 is 13.9 Å². The Kier molecular flexibility index (Phi) is 5.53. The van der Waals surface area contributed by atoms with Gasteiger partial charge in [0.1, 0.15) is 11.6 Å². The Bertz CT molecular complexity index is 608. The molecule has 0 radical (unpaired) electrons. The summed E-state index contributed by atoms with van der Waals surface area (Å²) < 4.78 is 18.4. The third-order valence-corrected chi connectivity index (χ3v) is 3.31. The molecule has 0 saturated carbocycles. The van der Waals surface area contributed by atoms with Crippen molar-refractivity contribution in [3.05, 3.63) is 65.5 Å². The highest BCUT2D eigenvalue weighted by Crippen LogP contribution is 2.16. The number of benzene rings is 2. The molecule has 1 atom stereocenters. The summed E-state index contributed by atoms with van der Waals surface area (Å²) in [6.45, 7) is 4.57. The van der Waals surface area contributed by atoms with Crippen molar-refractivity contribution in [2.75, 3.05) is 6.61 Å². The van der Waals surface area contributed by atoms with Gasteiger partial charge in [0.15, 0.2) is 0 Å². The molecule has 0 bridgehead atoms. The molecule has 1 N–H and O–H groups in total. The molecule has 0 aromatic heterocycles. The Morgan fingerprint density at radius 3 is 2.36 bits per heavy atom. The Morgan fingerprint density at radius 1 is 1.14 bits per heavy atom. The molecule has 0 fully saturated rings.